The summed E-state index contributed by atoms with van der Waals surface area (Å²) in [5.74, 6) is -2.45. The SMILES string of the molecule is CC(CS(=O)(=O)c1ccc(Cl)s1)C(=O)O. The van der Waals surface area contributed by atoms with Crippen LogP contribution in [-0.4, -0.2) is 25.2 Å². The monoisotopic (exact) mass is 268 g/mol. The molecule has 0 fully saturated rings. The van der Waals surface area contributed by atoms with Crippen LogP contribution in [0.3, 0.4) is 0 Å². The van der Waals surface area contributed by atoms with Crippen molar-refractivity contribution in [3.63, 3.8) is 0 Å². The van der Waals surface area contributed by atoms with Gasteiger partial charge < -0.3 is 5.11 Å². The number of halogens is 1. The Kier molecular flexibility index (Phi) is 3.75. The molecule has 0 bridgehead atoms. The van der Waals surface area contributed by atoms with E-state index in [0.717, 1.165) is 11.3 Å². The number of hydrogen-bond acceptors (Lipinski definition) is 4. The molecule has 0 amide bonds. The Hall–Kier alpha value is -0.590. The van der Waals surface area contributed by atoms with Crippen molar-refractivity contribution < 1.29 is 18.3 Å². The van der Waals surface area contributed by atoms with E-state index in [1.165, 1.54) is 19.1 Å². The van der Waals surface area contributed by atoms with Crippen LogP contribution >= 0.6 is 22.9 Å². The summed E-state index contributed by atoms with van der Waals surface area (Å²) >= 11 is 6.54. The first-order valence-electron chi connectivity index (χ1n) is 4.04. The summed E-state index contributed by atoms with van der Waals surface area (Å²) in [5, 5.41) is 8.61. The molecule has 0 aromatic carbocycles. The maximum Gasteiger partial charge on any atom is 0.307 e. The first-order valence-corrected chi connectivity index (χ1v) is 6.88. The Morgan fingerprint density at radius 2 is 2.20 bits per heavy atom. The Morgan fingerprint density at radius 1 is 1.60 bits per heavy atom. The molecule has 7 heteroatoms. The molecule has 1 atom stereocenters. The third-order valence-corrected chi connectivity index (χ3v) is 5.47. The second-order valence-corrected chi connectivity index (χ2v) is 7.06. The van der Waals surface area contributed by atoms with Crippen LogP contribution in [0.2, 0.25) is 4.34 Å². The summed E-state index contributed by atoms with van der Waals surface area (Å²) in [6.07, 6.45) is 0. The van der Waals surface area contributed by atoms with Gasteiger partial charge in [0.2, 0.25) is 0 Å². The predicted molar refractivity (Wildman–Crippen MR) is 58.2 cm³/mol. The molecule has 15 heavy (non-hydrogen) atoms. The summed E-state index contributed by atoms with van der Waals surface area (Å²) in [7, 11) is -3.53. The van der Waals surface area contributed by atoms with Crippen LogP contribution in [0.5, 0.6) is 0 Å². The van der Waals surface area contributed by atoms with E-state index in [1.807, 2.05) is 0 Å². The van der Waals surface area contributed by atoms with E-state index >= 15 is 0 Å². The molecule has 1 N–H and O–H groups in total. The molecule has 0 aliphatic heterocycles. The first-order chi connectivity index (χ1) is 6.83. The third kappa shape index (κ3) is 3.19. The highest BCUT2D eigenvalue weighted by Crippen LogP contribution is 2.27. The van der Waals surface area contributed by atoms with E-state index in [9.17, 15) is 13.2 Å². The van der Waals surface area contributed by atoms with Crippen molar-refractivity contribution in [1.82, 2.24) is 0 Å². The molecular formula is C8H9ClO4S2. The molecule has 0 saturated heterocycles. The standard InChI is InChI=1S/C8H9ClO4S2/c1-5(8(10)11)4-15(12,13)7-3-2-6(9)14-7/h2-3,5H,4H2,1H3,(H,10,11). The summed E-state index contributed by atoms with van der Waals surface area (Å²) in [5.41, 5.74) is 0. The van der Waals surface area contributed by atoms with Crippen molar-refractivity contribution in [2.45, 2.75) is 11.1 Å². The van der Waals surface area contributed by atoms with Gasteiger partial charge in [0, 0.05) is 0 Å². The molecule has 1 rings (SSSR count). The molecule has 0 radical (unpaired) electrons. The minimum atomic E-state index is -3.53. The highest BCUT2D eigenvalue weighted by molar-refractivity contribution is 7.93. The van der Waals surface area contributed by atoms with Crippen LogP contribution < -0.4 is 0 Å². The molecule has 0 aliphatic carbocycles. The summed E-state index contributed by atoms with van der Waals surface area (Å²) < 4.78 is 23.8. The lowest BCUT2D eigenvalue weighted by atomic mass is 10.2. The summed E-state index contributed by atoms with van der Waals surface area (Å²) in [6.45, 7) is 1.36. The predicted octanol–water partition coefficient (Wildman–Crippen LogP) is 1.90. The van der Waals surface area contributed by atoms with E-state index in [-0.39, 0.29) is 4.21 Å². The van der Waals surface area contributed by atoms with E-state index in [1.54, 1.807) is 0 Å². The molecule has 1 aromatic heterocycles. The van der Waals surface area contributed by atoms with Gasteiger partial charge in [-0.1, -0.05) is 18.5 Å². The van der Waals surface area contributed by atoms with Gasteiger partial charge >= 0.3 is 5.97 Å². The number of thiophene rings is 1. The van der Waals surface area contributed by atoms with Crippen LogP contribution in [0.25, 0.3) is 0 Å². The van der Waals surface area contributed by atoms with Crippen molar-refractivity contribution in [2.24, 2.45) is 5.92 Å². The number of sulfone groups is 1. The number of aliphatic carboxylic acids is 1. The quantitative estimate of drug-likeness (QED) is 0.905. The topological polar surface area (TPSA) is 71.4 Å². The number of carboxylic acid groups (broad SMARTS) is 1. The Labute approximate surface area is 96.4 Å². The minimum absolute atomic E-state index is 0.112. The maximum absolute atomic E-state index is 11.6. The molecule has 1 unspecified atom stereocenters. The molecule has 1 heterocycles. The van der Waals surface area contributed by atoms with Crippen LogP contribution in [-0.2, 0) is 14.6 Å². The summed E-state index contributed by atoms with van der Waals surface area (Å²) in [4.78, 5) is 10.5. The molecule has 0 spiro atoms. The average Bonchev–Trinajstić information content (AvgIpc) is 2.51. The fourth-order valence-corrected chi connectivity index (χ4v) is 4.08. The zero-order valence-corrected chi connectivity index (χ0v) is 10.2. The van der Waals surface area contributed by atoms with Crippen molar-refractivity contribution in [1.29, 1.82) is 0 Å². The van der Waals surface area contributed by atoms with Gasteiger partial charge in [0.25, 0.3) is 0 Å². The zero-order valence-electron chi connectivity index (χ0n) is 7.81. The summed E-state index contributed by atoms with van der Waals surface area (Å²) in [6, 6.07) is 2.86. The number of hydrogen-bond donors (Lipinski definition) is 1. The second-order valence-electron chi connectivity index (χ2n) is 3.08. The number of carbonyl (C=O) groups is 1. The van der Waals surface area contributed by atoms with Crippen molar-refractivity contribution >= 4 is 38.7 Å². The van der Waals surface area contributed by atoms with E-state index in [2.05, 4.69) is 0 Å². The second kappa shape index (κ2) is 4.51. The van der Waals surface area contributed by atoms with Gasteiger partial charge in [0.15, 0.2) is 9.84 Å². The van der Waals surface area contributed by atoms with Gasteiger partial charge in [0.1, 0.15) is 4.21 Å². The lowest BCUT2D eigenvalue weighted by Crippen LogP contribution is -2.20. The molecule has 1 aromatic rings. The molecule has 0 aliphatic rings. The molecular weight excluding hydrogens is 260 g/mol. The van der Waals surface area contributed by atoms with Crippen molar-refractivity contribution in [3.8, 4) is 0 Å². The number of carboxylic acids is 1. The van der Waals surface area contributed by atoms with Gasteiger partial charge in [-0.2, -0.15) is 0 Å². The third-order valence-electron chi connectivity index (χ3n) is 1.75. The number of rotatable bonds is 4. The van der Waals surface area contributed by atoms with Crippen LogP contribution in [0, 0.1) is 5.92 Å². The van der Waals surface area contributed by atoms with E-state index in [0.29, 0.717) is 4.34 Å². The largest absolute Gasteiger partial charge is 0.481 e. The van der Waals surface area contributed by atoms with Gasteiger partial charge in [-0.15, -0.1) is 11.3 Å². The lowest BCUT2D eigenvalue weighted by molar-refractivity contribution is -0.140. The Bertz CT molecular complexity index is 463. The van der Waals surface area contributed by atoms with E-state index in [4.69, 9.17) is 16.7 Å². The lowest BCUT2D eigenvalue weighted by Gasteiger charge is -2.05. The molecule has 0 saturated carbocycles. The van der Waals surface area contributed by atoms with Gasteiger partial charge in [-0.25, -0.2) is 8.42 Å². The van der Waals surface area contributed by atoms with Gasteiger partial charge in [-0.3, -0.25) is 4.79 Å². The highest BCUT2D eigenvalue weighted by atomic mass is 35.5. The first kappa shape index (κ1) is 12.5. The van der Waals surface area contributed by atoms with Crippen LogP contribution in [0.15, 0.2) is 16.3 Å². The smallest absolute Gasteiger partial charge is 0.307 e. The van der Waals surface area contributed by atoms with Gasteiger partial charge in [-0.05, 0) is 12.1 Å². The normalized spacial score (nSPS) is 13.7. The Morgan fingerprint density at radius 3 is 2.60 bits per heavy atom. The zero-order chi connectivity index (χ0) is 11.6. The molecule has 84 valence electrons. The minimum Gasteiger partial charge on any atom is -0.481 e. The fourth-order valence-electron chi connectivity index (χ4n) is 0.947. The average molecular weight is 269 g/mol. The van der Waals surface area contributed by atoms with Crippen molar-refractivity contribution in [2.75, 3.05) is 5.75 Å². The fraction of sp³-hybridized carbons (Fsp3) is 0.375. The Balaban J connectivity index is 2.90. The highest BCUT2D eigenvalue weighted by Gasteiger charge is 2.24. The van der Waals surface area contributed by atoms with Gasteiger partial charge in [0.05, 0.1) is 16.0 Å². The maximum atomic E-state index is 11.6. The van der Waals surface area contributed by atoms with Crippen LogP contribution in [0.1, 0.15) is 6.92 Å². The van der Waals surface area contributed by atoms with Crippen LogP contribution in [0.4, 0.5) is 0 Å². The van der Waals surface area contributed by atoms with Crippen molar-refractivity contribution in [3.05, 3.63) is 16.5 Å². The van der Waals surface area contributed by atoms with E-state index < -0.39 is 27.5 Å². The molecule has 4 nitrogen and oxygen atoms in total.